The summed E-state index contributed by atoms with van der Waals surface area (Å²) in [7, 11) is 0. The van der Waals surface area contributed by atoms with Gasteiger partial charge in [0.25, 0.3) is 0 Å². The second-order valence-electron chi connectivity index (χ2n) is 4.82. The highest BCUT2D eigenvalue weighted by Gasteiger charge is 2.08. The SMILES string of the molecule is O=C(c1ccccc1)c1ccc(CCN(CO)CO)cc1. The van der Waals surface area contributed by atoms with Crippen molar-refractivity contribution in [1.82, 2.24) is 4.90 Å². The molecule has 0 aliphatic rings. The van der Waals surface area contributed by atoms with Gasteiger partial charge in [0.1, 0.15) is 0 Å². The second kappa shape index (κ2) is 7.69. The van der Waals surface area contributed by atoms with Crippen LogP contribution in [0, 0.1) is 0 Å². The van der Waals surface area contributed by atoms with Gasteiger partial charge in [-0.05, 0) is 12.0 Å². The first kappa shape index (κ1) is 15.4. The molecule has 0 aromatic heterocycles. The van der Waals surface area contributed by atoms with Gasteiger partial charge in [0.2, 0.25) is 0 Å². The van der Waals surface area contributed by atoms with E-state index in [0.717, 1.165) is 5.56 Å². The minimum Gasteiger partial charge on any atom is -0.381 e. The lowest BCUT2D eigenvalue weighted by Crippen LogP contribution is -2.27. The first-order valence-corrected chi connectivity index (χ1v) is 6.87. The summed E-state index contributed by atoms with van der Waals surface area (Å²) in [5.41, 5.74) is 2.40. The lowest BCUT2D eigenvalue weighted by molar-refractivity contribution is 0.0306. The highest BCUT2D eigenvalue weighted by atomic mass is 16.3. The fraction of sp³-hybridized carbons (Fsp3) is 0.235. The van der Waals surface area contributed by atoms with Gasteiger partial charge in [-0.15, -0.1) is 0 Å². The summed E-state index contributed by atoms with van der Waals surface area (Å²) in [4.78, 5) is 13.8. The molecule has 2 aromatic rings. The third-order valence-corrected chi connectivity index (χ3v) is 3.37. The van der Waals surface area contributed by atoms with E-state index in [-0.39, 0.29) is 19.2 Å². The van der Waals surface area contributed by atoms with E-state index in [9.17, 15) is 4.79 Å². The fourth-order valence-electron chi connectivity index (χ4n) is 2.05. The van der Waals surface area contributed by atoms with Crippen molar-refractivity contribution in [2.75, 3.05) is 20.0 Å². The van der Waals surface area contributed by atoms with Gasteiger partial charge < -0.3 is 10.2 Å². The first-order valence-electron chi connectivity index (χ1n) is 6.87. The average Bonchev–Trinajstić information content (AvgIpc) is 2.56. The Morgan fingerprint density at radius 3 is 2.00 bits per heavy atom. The molecule has 0 atom stereocenters. The van der Waals surface area contributed by atoms with Crippen molar-refractivity contribution in [3.05, 3.63) is 71.3 Å². The highest BCUT2D eigenvalue weighted by molar-refractivity contribution is 6.08. The number of nitrogens with zero attached hydrogens (tertiary/aromatic N) is 1. The topological polar surface area (TPSA) is 60.8 Å². The van der Waals surface area contributed by atoms with Crippen LogP contribution in [0.3, 0.4) is 0 Å². The summed E-state index contributed by atoms with van der Waals surface area (Å²) in [6.45, 7) is 0.237. The largest absolute Gasteiger partial charge is 0.381 e. The maximum Gasteiger partial charge on any atom is 0.193 e. The molecule has 0 amide bonds. The van der Waals surface area contributed by atoms with Crippen molar-refractivity contribution in [2.45, 2.75) is 6.42 Å². The van der Waals surface area contributed by atoms with Crippen LogP contribution < -0.4 is 0 Å². The quantitative estimate of drug-likeness (QED) is 0.600. The van der Waals surface area contributed by atoms with Gasteiger partial charge in [-0.1, -0.05) is 54.6 Å². The van der Waals surface area contributed by atoms with Crippen LogP contribution in [0.25, 0.3) is 0 Å². The van der Waals surface area contributed by atoms with E-state index in [1.165, 1.54) is 4.90 Å². The lowest BCUT2D eigenvalue weighted by atomic mass is 10.0. The third-order valence-electron chi connectivity index (χ3n) is 3.37. The summed E-state index contributed by atoms with van der Waals surface area (Å²) in [6.07, 6.45) is 0.709. The van der Waals surface area contributed by atoms with E-state index in [1.807, 2.05) is 42.5 Å². The van der Waals surface area contributed by atoms with Gasteiger partial charge in [0, 0.05) is 17.7 Å². The number of carbonyl (C=O) groups is 1. The number of aliphatic hydroxyl groups excluding tert-OH is 2. The number of hydrogen-bond donors (Lipinski definition) is 2. The molecule has 0 saturated carbocycles. The molecule has 2 aromatic carbocycles. The van der Waals surface area contributed by atoms with Crippen molar-refractivity contribution < 1.29 is 15.0 Å². The van der Waals surface area contributed by atoms with Gasteiger partial charge in [-0.3, -0.25) is 9.69 Å². The molecule has 2 N–H and O–H groups in total. The van der Waals surface area contributed by atoms with Crippen LogP contribution in [-0.2, 0) is 6.42 Å². The van der Waals surface area contributed by atoms with Gasteiger partial charge in [-0.2, -0.15) is 0 Å². The number of benzene rings is 2. The predicted molar refractivity (Wildman–Crippen MR) is 80.9 cm³/mol. The smallest absolute Gasteiger partial charge is 0.193 e. The minimum absolute atomic E-state index is 0.00879. The molecule has 0 heterocycles. The van der Waals surface area contributed by atoms with E-state index in [0.29, 0.717) is 24.1 Å². The molecule has 21 heavy (non-hydrogen) atoms. The molecule has 4 nitrogen and oxygen atoms in total. The molecule has 0 bridgehead atoms. The van der Waals surface area contributed by atoms with E-state index in [2.05, 4.69) is 0 Å². The summed E-state index contributed by atoms with van der Waals surface area (Å²) < 4.78 is 0. The molecule has 110 valence electrons. The van der Waals surface area contributed by atoms with Crippen LogP contribution in [0.1, 0.15) is 21.5 Å². The molecule has 0 unspecified atom stereocenters. The van der Waals surface area contributed by atoms with Gasteiger partial charge in [0.05, 0.1) is 13.5 Å². The summed E-state index contributed by atoms with van der Waals surface area (Å²) in [5, 5.41) is 17.9. The molecule has 0 radical (unpaired) electrons. The van der Waals surface area contributed by atoms with Crippen LogP contribution in [0.4, 0.5) is 0 Å². The summed E-state index contributed by atoms with van der Waals surface area (Å²) in [5.74, 6) is 0.00879. The van der Waals surface area contributed by atoms with Gasteiger partial charge in [0.15, 0.2) is 5.78 Å². The summed E-state index contributed by atoms with van der Waals surface area (Å²) >= 11 is 0. The zero-order valence-corrected chi connectivity index (χ0v) is 11.8. The van der Waals surface area contributed by atoms with Crippen LogP contribution >= 0.6 is 0 Å². The molecule has 2 rings (SSSR count). The minimum atomic E-state index is -0.166. The van der Waals surface area contributed by atoms with Crippen LogP contribution in [0.5, 0.6) is 0 Å². The third kappa shape index (κ3) is 4.23. The van der Waals surface area contributed by atoms with Crippen LogP contribution in [0.2, 0.25) is 0 Å². The number of rotatable bonds is 7. The molecular formula is C17H19NO3. The Morgan fingerprint density at radius 2 is 1.43 bits per heavy atom. The van der Waals surface area contributed by atoms with E-state index in [4.69, 9.17) is 10.2 Å². The van der Waals surface area contributed by atoms with Crippen molar-refractivity contribution in [2.24, 2.45) is 0 Å². The number of aliphatic hydroxyl groups is 2. The molecule has 0 aliphatic carbocycles. The number of carbonyl (C=O) groups excluding carboxylic acids is 1. The highest BCUT2D eigenvalue weighted by Crippen LogP contribution is 2.11. The molecule has 0 aliphatic heterocycles. The Kier molecular flexibility index (Phi) is 5.63. The van der Waals surface area contributed by atoms with Crippen molar-refractivity contribution in [3.63, 3.8) is 0 Å². The maximum absolute atomic E-state index is 12.2. The fourth-order valence-corrected chi connectivity index (χ4v) is 2.05. The molecule has 0 spiro atoms. The summed E-state index contributed by atoms with van der Waals surface area (Å²) in [6, 6.07) is 16.6. The Morgan fingerprint density at radius 1 is 0.857 bits per heavy atom. The maximum atomic E-state index is 12.2. The van der Waals surface area contributed by atoms with E-state index >= 15 is 0 Å². The van der Waals surface area contributed by atoms with Crippen molar-refractivity contribution in [3.8, 4) is 0 Å². The van der Waals surface area contributed by atoms with Gasteiger partial charge >= 0.3 is 0 Å². The van der Waals surface area contributed by atoms with Crippen molar-refractivity contribution >= 4 is 5.78 Å². The Hall–Kier alpha value is -2.01. The Labute approximate surface area is 124 Å². The standard InChI is InChI=1S/C17H19NO3/c19-12-18(13-20)11-10-14-6-8-16(9-7-14)17(21)15-4-2-1-3-5-15/h1-9,19-20H,10-13H2. The van der Waals surface area contributed by atoms with E-state index < -0.39 is 0 Å². The molecule has 4 heteroatoms. The first-order chi connectivity index (χ1) is 10.2. The van der Waals surface area contributed by atoms with Gasteiger partial charge in [-0.25, -0.2) is 0 Å². The van der Waals surface area contributed by atoms with Crippen LogP contribution in [0.15, 0.2) is 54.6 Å². The van der Waals surface area contributed by atoms with Crippen molar-refractivity contribution in [1.29, 1.82) is 0 Å². The zero-order chi connectivity index (χ0) is 15.1. The molecular weight excluding hydrogens is 266 g/mol. The molecule has 0 saturated heterocycles. The average molecular weight is 285 g/mol. The Balaban J connectivity index is 2.00. The zero-order valence-electron chi connectivity index (χ0n) is 11.8. The van der Waals surface area contributed by atoms with E-state index in [1.54, 1.807) is 12.1 Å². The monoisotopic (exact) mass is 285 g/mol. The Bertz CT molecular complexity index is 562. The lowest BCUT2D eigenvalue weighted by Gasteiger charge is -2.15. The second-order valence-corrected chi connectivity index (χ2v) is 4.82. The normalized spacial score (nSPS) is 10.8. The number of ketones is 1. The molecule has 0 fully saturated rings. The predicted octanol–water partition coefficient (Wildman–Crippen LogP) is 1.66. The van der Waals surface area contributed by atoms with Crippen LogP contribution in [-0.4, -0.2) is 40.9 Å². The number of hydrogen-bond acceptors (Lipinski definition) is 4.